The van der Waals surface area contributed by atoms with Crippen molar-refractivity contribution in [2.24, 2.45) is 5.11 Å². The van der Waals surface area contributed by atoms with Crippen LogP contribution in [-0.4, -0.2) is 9.97 Å². The van der Waals surface area contributed by atoms with Gasteiger partial charge < -0.3 is 4.98 Å². The fraction of sp³-hybridized carbons (Fsp3) is 0.333. The van der Waals surface area contributed by atoms with E-state index < -0.39 is 23.3 Å². The molecule has 0 aliphatic rings. The van der Waals surface area contributed by atoms with Gasteiger partial charge >= 0.3 is 6.18 Å². The Morgan fingerprint density at radius 1 is 1.43 bits per heavy atom. The van der Waals surface area contributed by atoms with Gasteiger partial charge in [0.05, 0.1) is 22.5 Å². The highest BCUT2D eigenvalue weighted by atomic mass is 19.4. The summed E-state index contributed by atoms with van der Waals surface area (Å²) in [5.41, 5.74) is 6.57. The van der Waals surface area contributed by atoms with E-state index in [1.807, 2.05) is 0 Å². The molecular formula is C12H10F3N5O. The van der Waals surface area contributed by atoms with Crippen LogP contribution >= 0.6 is 0 Å². The third-order valence-electron chi connectivity index (χ3n) is 2.98. The molecule has 2 rings (SSSR count). The number of nitrogens with one attached hydrogen (secondary N) is 1. The van der Waals surface area contributed by atoms with Crippen molar-refractivity contribution in [3.63, 3.8) is 0 Å². The van der Waals surface area contributed by atoms with Gasteiger partial charge in [0, 0.05) is 4.91 Å². The number of hydrogen-bond acceptors (Lipinski definition) is 3. The van der Waals surface area contributed by atoms with Gasteiger partial charge in [0.2, 0.25) is 0 Å². The van der Waals surface area contributed by atoms with E-state index in [0.29, 0.717) is 0 Å². The Morgan fingerprint density at radius 2 is 2.10 bits per heavy atom. The average Bonchev–Trinajstić information content (AvgIpc) is 2.36. The van der Waals surface area contributed by atoms with Gasteiger partial charge in [0.15, 0.2) is 0 Å². The summed E-state index contributed by atoms with van der Waals surface area (Å²) in [5.74, 6) is 0.219. The Hall–Kier alpha value is -2.54. The molecule has 0 aliphatic carbocycles. The van der Waals surface area contributed by atoms with E-state index in [-0.39, 0.29) is 22.3 Å². The molecule has 110 valence electrons. The molecule has 6 nitrogen and oxygen atoms in total. The second kappa shape index (κ2) is 5.10. The number of aryl methyl sites for hydroxylation is 1. The molecule has 0 amide bonds. The van der Waals surface area contributed by atoms with E-state index >= 15 is 0 Å². The maximum absolute atomic E-state index is 13.1. The van der Waals surface area contributed by atoms with E-state index in [1.165, 1.54) is 13.8 Å². The van der Waals surface area contributed by atoms with Crippen molar-refractivity contribution in [1.29, 1.82) is 0 Å². The molecule has 21 heavy (non-hydrogen) atoms. The molecule has 1 heterocycles. The van der Waals surface area contributed by atoms with Gasteiger partial charge in [0.25, 0.3) is 5.56 Å². The molecule has 1 atom stereocenters. The van der Waals surface area contributed by atoms with Crippen LogP contribution < -0.4 is 5.56 Å². The third kappa shape index (κ3) is 2.82. The Morgan fingerprint density at radius 3 is 2.67 bits per heavy atom. The fourth-order valence-electron chi connectivity index (χ4n) is 2.05. The predicted octanol–water partition coefficient (Wildman–Crippen LogP) is 3.62. The zero-order valence-corrected chi connectivity index (χ0v) is 11.1. The normalized spacial score (nSPS) is 13.0. The maximum Gasteiger partial charge on any atom is 0.416 e. The van der Waals surface area contributed by atoms with Gasteiger partial charge in [-0.3, -0.25) is 4.79 Å². The number of H-pyrrole nitrogens is 1. The summed E-state index contributed by atoms with van der Waals surface area (Å²) in [5, 5.41) is 3.29. The minimum absolute atomic E-state index is 0.0172. The molecule has 0 saturated heterocycles. The number of nitrogens with zero attached hydrogens (tertiary/aromatic N) is 4. The van der Waals surface area contributed by atoms with Crippen LogP contribution in [-0.2, 0) is 6.18 Å². The quantitative estimate of drug-likeness (QED) is 0.520. The fourth-order valence-corrected chi connectivity index (χ4v) is 2.05. The lowest BCUT2D eigenvalue weighted by Gasteiger charge is -2.16. The van der Waals surface area contributed by atoms with Gasteiger partial charge in [-0.05, 0) is 30.2 Å². The Balaban J connectivity index is 2.87. The van der Waals surface area contributed by atoms with Crippen molar-refractivity contribution in [3.05, 3.63) is 49.9 Å². The number of aromatic amines is 1. The van der Waals surface area contributed by atoms with Gasteiger partial charge in [-0.25, -0.2) is 4.98 Å². The standard InChI is InChI=1S/C12H10F3N5O/c1-5(19-20-16)7-3-8-10(4-9(7)12(13,14)15)17-6(2)18-11(8)21/h3-5H,1-2H3,(H,17,18,21). The summed E-state index contributed by atoms with van der Waals surface area (Å²) in [6, 6.07) is 0.815. The first-order valence-electron chi connectivity index (χ1n) is 5.90. The maximum atomic E-state index is 13.1. The Labute approximate surface area is 116 Å². The number of fused-ring (bicyclic) bond motifs is 1. The highest BCUT2D eigenvalue weighted by Gasteiger charge is 2.35. The lowest BCUT2D eigenvalue weighted by Crippen LogP contribution is -2.15. The van der Waals surface area contributed by atoms with Gasteiger partial charge in [0.1, 0.15) is 5.82 Å². The number of benzene rings is 1. The monoisotopic (exact) mass is 297 g/mol. The van der Waals surface area contributed by atoms with Crippen LogP contribution in [0.4, 0.5) is 13.2 Å². The number of aromatic nitrogens is 2. The largest absolute Gasteiger partial charge is 0.416 e. The summed E-state index contributed by atoms with van der Waals surface area (Å²) in [7, 11) is 0. The Bertz CT molecular complexity index is 805. The lowest BCUT2D eigenvalue weighted by atomic mass is 9.99. The molecule has 0 spiro atoms. The summed E-state index contributed by atoms with van der Waals surface area (Å²) >= 11 is 0. The highest BCUT2D eigenvalue weighted by Crippen LogP contribution is 2.37. The molecule has 1 unspecified atom stereocenters. The molecule has 9 heteroatoms. The molecule has 1 aromatic carbocycles. The minimum Gasteiger partial charge on any atom is -0.310 e. The van der Waals surface area contributed by atoms with Crippen LogP contribution in [0.3, 0.4) is 0 Å². The molecule has 0 fully saturated rings. The second-order valence-electron chi connectivity index (χ2n) is 4.49. The smallest absolute Gasteiger partial charge is 0.310 e. The SMILES string of the molecule is Cc1nc2cc(C(F)(F)F)c(C(C)N=[N+]=[N-])cc2c(=O)[nH]1. The number of halogens is 3. The van der Waals surface area contributed by atoms with E-state index in [1.54, 1.807) is 0 Å². The van der Waals surface area contributed by atoms with Crippen molar-refractivity contribution >= 4 is 10.9 Å². The number of hydrogen-bond donors (Lipinski definition) is 1. The second-order valence-corrected chi connectivity index (χ2v) is 4.49. The number of rotatable bonds is 2. The Kier molecular flexibility index (Phi) is 3.61. The van der Waals surface area contributed by atoms with Crippen molar-refractivity contribution in [3.8, 4) is 0 Å². The van der Waals surface area contributed by atoms with E-state index in [9.17, 15) is 18.0 Å². The summed E-state index contributed by atoms with van der Waals surface area (Å²) in [6.07, 6.45) is -4.64. The van der Waals surface area contributed by atoms with Crippen molar-refractivity contribution in [2.45, 2.75) is 26.1 Å². The molecule has 1 N–H and O–H groups in total. The summed E-state index contributed by atoms with van der Waals surface area (Å²) < 4.78 is 39.4. The van der Waals surface area contributed by atoms with Crippen molar-refractivity contribution in [2.75, 3.05) is 0 Å². The predicted molar refractivity (Wildman–Crippen MR) is 69.7 cm³/mol. The van der Waals surface area contributed by atoms with Crippen LogP contribution in [0, 0.1) is 6.92 Å². The first-order valence-corrected chi connectivity index (χ1v) is 5.90. The lowest BCUT2D eigenvalue weighted by molar-refractivity contribution is -0.138. The zero-order chi connectivity index (χ0) is 15.8. The first-order chi connectivity index (χ1) is 9.74. The topological polar surface area (TPSA) is 94.5 Å². The van der Waals surface area contributed by atoms with Crippen LogP contribution in [0.2, 0.25) is 0 Å². The summed E-state index contributed by atoms with van der Waals surface area (Å²) in [4.78, 5) is 20.6. The van der Waals surface area contributed by atoms with E-state index in [0.717, 1.165) is 12.1 Å². The molecule has 1 aromatic heterocycles. The molecule has 0 saturated carbocycles. The third-order valence-corrected chi connectivity index (χ3v) is 2.98. The molecule has 0 bridgehead atoms. The minimum atomic E-state index is -4.64. The average molecular weight is 297 g/mol. The van der Waals surface area contributed by atoms with Crippen molar-refractivity contribution in [1.82, 2.24) is 9.97 Å². The van der Waals surface area contributed by atoms with Gasteiger partial charge in [-0.15, -0.1) is 0 Å². The zero-order valence-electron chi connectivity index (χ0n) is 11.1. The highest BCUT2D eigenvalue weighted by molar-refractivity contribution is 5.79. The molecule has 2 aromatic rings. The van der Waals surface area contributed by atoms with E-state index in [2.05, 4.69) is 20.0 Å². The van der Waals surface area contributed by atoms with Gasteiger partial charge in [-0.2, -0.15) is 13.2 Å². The molecule has 0 aliphatic heterocycles. The molecular weight excluding hydrogens is 287 g/mol. The van der Waals surface area contributed by atoms with Crippen molar-refractivity contribution < 1.29 is 13.2 Å². The first kappa shape index (κ1) is 14.9. The number of azide groups is 1. The van der Waals surface area contributed by atoms with Crippen LogP contribution in [0.5, 0.6) is 0 Å². The molecule has 0 radical (unpaired) electrons. The number of alkyl halides is 3. The van der Waals surface area contributed by atoms with Crippen LogP contribution in [0.25, 0.3) is 21.3 Å². The van der Waals surface area contributed by atoms with Crippen LogP contribution in [0.1, 0.15) is 29.9 Å². The van der Waals surface area contributed by atoms with Gasteiger partial charge in [-0.1, -0.05) is 12.0 Å². The van der Waals surface area contributed by atoms with Crippen LogP contribution in [0.15, 0.2) is 22.0 Å². The van der Waals surface area contributed by atoms with E-state index in [4.69, 9.17) is 5.53 Å². The summed E-state index contributed by atoms with van der Waals surface area (Å²) in [6.45, 7) is 2.80.